The summed E-state index contributed by atoms with van der Waals surface area (Å²) in [5.41, 5.74) is 0.917. The lowest BCUT2D eigenvalue weighted by Crippen LogP contribution is -2.38. The van der Waals surface area contributed by atoms with Gasteiger partial charge in [-0.3, -0.25) is 0 Å². The number of halogens is 1. The molecule has 5 heteroatoms. The first-order valence-corrected chi connectivity index (χ1v) is 7.65. The van der Waals surface area contributed by atoms with Crippen molar-refractivity contribution in [1.82, 2.24) is 10.2 Å². The van der Waals surface area contributed by atoms with Crippen molar-refractivity contribution in [3.63, 3.8) is 0 Å². The summed E-state index contributed by atoms with van der Waals surface area (Å²) in [6.07, 6.45) is 2.17. The van der Waals surface area contributed by atoms with Gasteiger partial charge in [0, 0.05) is 19.0 Å². The number of nitrogens with zero attached hydrogens (tertiary/aromatic N) is 3. The van der Waals surface area contributed by atoms with E-state index in [4.69, 9.17) is 4.74 Å². The Morgan fingerprint density at radius 3 is 2.86 bits per heavy atom. The summed E-state index contributed by atoms with van der Waals surface area (Å²) in [5, 5.41) is 8.36. The van der Waals surface area contributed by atoms with Crippen LogP contribution in [0, 0.1) is 18.7 Å². The minimum Gasteiger partial charge on any atom is -0.490 e. The highest BCUT2D eigenvalue weighted by Crippen LogP contribution is 2.23. The van der Waals surface area contributed by atoms with Crippen molar-refractivity contribution in [3.05, 3.63) is 47.9 Å². The Morgan fingerprint density at radius 2 is 2.09 bits per heavy atom. The number of aromatic nitrogens is 2. The smallest absolute Gasteiger partial charge is 0.165 e. The van der Waals surface area contributed by atoms with Crippen LogP contribution in [-0.2, 0) is 0 Å². The summed E-state index contributed by atoms with van der Waals surface area (Å²) in [6, 6.07) is 10.5. The molecule has 2 aromatic rings. The minimum absolute atomic E-state index is 0.306. The first kappa shape index (κ1) is 14.8. The molecule has 1 aromatic carbocycles. The van der Waals surface area contributed by atoms with Gasteiger partial charge in [-0.2, -0.15) is 5.10 Å². The molecule has 1 aliphatic rings. The van der Waals surface area contributed by atoms with Gasteiger partial charge in [-0.05, 0) is 44.0 Å². The zero-order valence-corrected chi connectivity index (χ0v) is 12.7. The number of anilines is 1. The number of aryl methyl sites for hydroxylation is 1. The van der Waals surface area contributed by atoms with Gasteiger partial charge in [0.25, 0.3) is 0 Å². The summed E-state index contributed by atoms with van der Waals surface area (Å²) in [5.74, 6) is 1.30. The number of ether oxygens (including phenoxy) is 1. The predicted molar refractivity (Wildman–Crippen MR) is 83.6 cm³/mol. The highest BCUT2D eigenvalue weighted by atomic mass is 19.1. The SMILES string of the molecule is Cc1ccc(N2CCC[C@@H](COc3ccccc3F)C2)nn1. The molecule has 116 valence electrons. The van der Waals surface area contributed by atoms with Crippen LogP contribution in [0.25, 0.3) is 0 Å². The molecule has 1 saturated heterocycles. The molecule has 22 heavy (non-hydrogen) atoms. The van der Waals surface area contributed by atoms with E-state index < -0.39 is 0 Å². The van der Waals surface area contributed by atoms with Crippen LogP contribution in [-0.4, -0.2) is 29.9 Å². The van der Waals surface area contributed by atoms with E-state index in [1.165, 1.54) is 6.07 Å². The van der Waals surface area contributed by atoms with Crippen LogP contribution in [0.3, 0.4) is 0 Å². The fourth-order valence-corrected chi connectivity index (χ4v) is 2.74. The van der Waals surface area contributed by atoms with Crippen LogP contribution in [0.15, 0.2) is 36.4 Å². The second-order valence-electron chi connectivity index (χ2n) is 5.73. The van der Waals surface area contributed by atoms with Gasteiger partial charge in [-0.15, -0.1) is 5.10 Å². The van der Waals surface area contributed by atoms with Crippen LogP contribution in [0.5, 0.6) is 5.75 Å². The van der Waals surface area contributed by atoms with Gasteiger partial charge in [0.05, 0.1) is 12.3 Å². The summed E-state index contributed by atoms with van der Waals surface area (Å²) in [4.78, 5) is 2.23. The van der Waals surface area contributed by atoms with Gasteiger partial charge in [0.2, 0.25) is 0 Å². The lowest BCUT2D eigenvalue weighted by Gasteiger charge is -2.33. The Kier molecular flexibility index (Phi) is 4.51. The van der Waals surface area contributed by atoms with Gasteiger partial charge in [-0.25, -0.2) is 4.39 Å². The molecule has 0 amide bonds. The molecule has 0 unspecified atom stereocenters. The first-order chi connectivity index (χ1) is 10.7. The Morgan fingerprint density at radius 1 is 1.23 bits per heavy atom. The second-order valence-corrected chi connectivity index (χ2v) is 5.73. The van der Waals surface area contributed by atoms with E-state index in [1.807, 2.05) is 19.1 Å². The lowest BCUT2D eigenvalue weighted by atomic mass is 9.99. The molecule has 0 radical (unpaired) electrons. The van der Waals surface area contributed by atoms with Crippen LogP contribution in [0.4, 0.5) is 10.2 Å². The average molecular weight is 301 g/mol. The van der Waals surface area contributed by atoms with E-state index in [9.17, 15) is 4.39 Å². The van der Waals surface area contributed by atoms with E-state index in [2.05, 4.69) is 15.1 Å². The van der Waals surface area contributed by atoms with Gasteiger partial charge in [-0.1, -0.05) is 12.1 Å². The minimum atomic E-state index is -0.306. The number of hydrogen-bond acceptors (Lipinski definition) is 4. The molecule has 0 bridgehead atoms. The third kappa shape index (κ3) is 3.53. The van der Waals surface area contributed by atoms with E-state index in [0.717, 1.165) is 37.4 Å². The maximum Gasteiger partial charge on any atom is 0.165 e. The first-order valence-electron chi connectivity index (χ1n) is 7.65. The lowest BCUT2D eigenvalue weighted by molar-refractivity contribution is 0.220. The van der Waals surface area contributed by atoms with Crippen molar-refractivity contribution in [2.24, 2.45) is 5.92 Å². The van der Waals surface area contributed by atoms with E-state index in [1.54, 1.807) is 18.2 Å². The quantitative estimate of drug-likeness (QED) is 0.869. The van der Waals surface area contributed by atoms with Gasteiger partial charge >= 0.3 is 0 Å². The summed E-state index contributed by atoms with van der Waals surface area (Å²) < 4.78 is 19.2. The van der Waals surface area contributed by atoms with E-state index >= 15 is 0 Å². The molecule has 0 N–H and O–H groups in total. The molecule has 1 atom stereocenters. The predicted octanol–water partition coefficient (Wildman–Crippen LogP) is 3.22. The summed E-state index contributed by atoms with van der Waals surface area (Å²) in [6.45, 7) is 4.30. The number of para-hydroxylation sites is 1. The van der Waals surface area contributed by atoms with Gasteiger partial charge in [0.1, 0.15) is 0 Å². The van der Waals surface area contributed by atoms with Crippen molar-refractivity contribution >= 4 is 5.82 Å². The van der Waals surface area contributed by atoms with E-state index in [0.29, 0.717) is 18.3 Å². The molecule has 4 nitrogen and oxygen atoms in total. The molecular formula is C17H20FN3O. The Bertz CT molecular complexity index is 618. The largest absolute Gasteiger partial charge is 0.490 e. The standard InChI is InChI=1S/C17H20FN3O/c1-13-8-9-17(20-19-13)21-10-4-5-14(11-21)12-22-16-7-3-2-6-15(16)18/h2-3,6-9,14H,4-5,10-12H2,1H3/t14-/m1/s1. The van der Waals surface area contributed by atoms with E-state index in [-0.39, 0.29) is 5.82 Å². The third-order valence-corrected chi connectivity index (χ3v) is 3.94. The molecule has 1 aliphatic heterocycles. The van der Waals surface area contributed by atoms with Crippen molar-refractivity contribution in [3.8, 4) is 5.75 Å². The molecule has 0 saturated carbocycles. The van der Waals surface area contributed by atoms with Crippen LogP contribution >= 0.6 is 0 Å². The fraction of sp³-hybridized carbons (Fsp3) is 0.412. The highest BCUT2D eigenvalue weighted by molar-refractivity contribution is 5.37. The zero-order valence-electron chi connectivity index (χ0n) is 12.7. The topological polar surface area (TPSA) is 38.2 Å². The highest BCUT2D eigenvalue weighted by Gasteiger charge is 2.22. The number of rotatable bonds is 4. The molecule has 2 heterocycles. The molecule has 0 aliphatic carbocycles. The van der Waals surface area contributed by atoms with Crippen molar-refractivity contribution in [1.29, 1.82) is 0 Å². The van der Waals surface area contributed by atoms with Gasteiger partial charge in [0.15, 0.2) is 17.4 Å². The monoisotopic (exact) mass is 301 g/mol. The summed E-state index contributed by atoms with van der Waals surface area (Å²) >= 11 is 0. The van der Waals surface area contributed by atoms with Crippen LogP contribution < -0.4 is 9.64 Å². The Labute approximate surface area is 129 Å². The molecule has 1 fully saturated rings. The zero-order chi connectivity index (χ0) is 15.4. The Balaban J connectivity index is 1.59. The average Bonchev–Trinajstić information content (AvgIpc) is 2.55. The maximum atomic E-state index is 13.6. The fourth-order valence-electron chi connectivity index (χ4n) is 2.74. The normalized spacial score (nSPS) is 18.3. The van der Waals surface area contributed by atoms with Crippen LogP contribution in [0.2, 0.25) is 0 Å². The van der Waals surface area contributed by atoms with Gasteiger partial charge < -0.3 is 9.64 Å². The number of benzene rings is 1. The maximum absolute atomic E-state index is 13.6. The Hall–Kier alpha value is -2.17. The van der Waals surface area contributed by atoms with Crippen LogP contribution in [0.1, 0.15) is 18.5 Å². The molecule has 3 rings (SSSR count). The second kappa shape index (κ2) is 6.73. The molecule has 0 spiro atoms. The van der Waals surface area contributed by atoms with Crippen molar-refractivity contribution in [2.75, 3.05) is 24.6 Å². The third-order valence-electron chi connectivity index (χ3n) is 3.94. The summed E-state index contributed by atoms with van der Waals surface area (Å²) in [7, 11) is 0. The number of hydrogen-bond donors (Lipinski definition) is 0. The van der Waals surface area contributed by atoms with Crippen molar-refractivity contribution in [2.45, 2.75) is 19.8 Å². The number of piperidine rings is 1. The molecule has 1 aromatic heterocycles. The van der Waals surface area contributed by atoms with Crippen molar-refractivity contribution < 1.29 is 9.13 Å². The molecular weight excluding hydrogens is 281 g/mol.